The van der Waals surface area contributed by atoms with Crippen LogP contribution in [0.2, 0.25) is 0 Å². The molecule has 2 aromatic heterocycles. The summed E-state index contributed by atoms with van der Waals surface area (Å²) in [5.74, 6) is -0.158. The van der Waals surface area contributed by atoms with E-state index in [-0.39, 0.29) is 24.7 Å². The molecular weight excluding hydrogens is 432 g/mol. The summed E-state index contributed by atoms with van der Waals surface area (Å²) in [6, 6.07) is 15.2. The number of fused-ring (bicyclic) bond motifs is 1. The molecule has 8 nitrogen and oxygen atoms in total. The molecule has 0 radical (unpaired) electrons. The van der Waals surface area contributed by atoms with E-state index in [1.54, 1.807) is 6.20 Å². The van der Waals surface area contributed by atoms with E-state index >= 15 is 0 Å². The molecule has 0 atom stereocenters. The van der Waals surface area contributed by atoms with E-state index in [0.717, 1.165) is 40.6 Å². The fraction of sp³-hybridized carbons (Fsp3) is 0.231. The van der Waals surface area contributed by atoms with Gasteiger partial charge in [0.25, 0.3) is 0 Å². The number of aliphatic carboxylic acids is 1. The van der Waals surface area contributed by atoms with Crippen LogP contribution in [0.1, 0.15) is 47.3 Å². The largest absolute Gasteiger partial charge is 0.481 e. The third-order valence-corrected chi connectivity index (χ3v) is 6.10. The smallest absolute Gasteiger partial charge is 0.307 e. The molecule has 0 unspecified atom stereocenters. The lowest BCUT2D eigenvalue weighted by Crippen LogP contribution is -2.14. The van der Waals surface area contributed by atoms with Crippen LogP contribution < -0.4 is 5.32 Å². The van der Waals surface area contributed by atoms with E-state index in [0.29, 0.717) is 22.8 Å². The van der Waals surface area contributed by atoms with Gasteiger partial charge < -0.3 is 10.4 Å². The molecule has 0 saturated heterocycles. The number of H-pyrrole nitrogens is 1. The Balaban J connectivity index is 1.32. The van der Waals surface area contributed by atoms with Crippen molar-refractivity contribution in [2.75, 3.05) is 5.32 Å². The van der Waals surface area contributed by atoms with Gasteiger partial charge in [-0.25, -0.2) is 0 Å². The Labute approximate surface area is 195 Å². The number of aromatic nitrogens is 3. The van der Waals surface area contributed by atoms with Crippen LogP contribution in [0.15, 0.2) is 54.7 Å². The third-order valence-electron chi connectivity index (χ3n) is 6.10. The minimum Gasteiger partial charge on any atom is -0.481 e. The second-order valence-corrected chi connectivity index (χ2v) is 8.75. The zero-order valence-electron chi connectivity index (χ0n) is 18.7. The molecule has 0 bridgehead atoms. The Kier molecular flexibility index (Phi) is 5.49. The highest BCUT2D eigenvalue weighted by molar-refractivity contribution is 5.97. The highest BCUT2D eigenvalue weighted by Crippen LogP contribution is 2.39. The Morgan fingerprint density at radius 3 is 2.47 bits per heavy atom. The summed E-state index contributed by atoms with van der Waals surface area (Å²) in [4.78, 5) is 35.7. The molecule has 5 rings (SSSR count). The number of hydrogen-bond acceptors (Lipinski definition) is 4. The molecule has 1 saturated carbocycles. The van der Waals surface area contributed by atoms with Crippen molar-refractivity contribution < 1.29 is 19.5 Å². The maximum Gasteiger partial charge on any atom is 0.307 e. The number of anilines is 1. The second kappa shape index (κ2) is 8.62. The predicted molar refractivity (Wildman–Crippen MR) is 128 cm³/mol. The summed E-state index contributed by atoms with van der Waals surface area (Å²) in [5.41, 5.74) is 5.06. The number of carboxylic acids is 1. The lowest BCUT2D eigenvalue weighted by molar-refractivity contribution is -0.136. The monoisotopic (exact) mass is 456 g/mol. The summed E-state index contributed by atoms with van der Waals surface area (Å²) in [5, 5.41) is 20.0. The first kappa shape index (κ1) is 21.6. The van der Waals surface area contributed by atoms with Crippen molar-refractivity contribution in [3.63, 3.8) is 0 Å². The van der Waals surface area contributed by atoms with Crippen molar-refractivity contribution in [2.45, 2.75) is 38.5 Å². The van der Waals surface area contributed by atoms with Gasteiger partial charge in [0.1, 0.15) is 0 Å². The van der Waals surface area contributed by atoms with E-state index in [4.69, 9.17) is 0 Å². The summed E-state index contributed by atoms with van der Waals surface area (Å²) in [6.07, 6.45) is 4.00. The van der Waals surface area contributed by atoms with Crippen LogP contribution in [0.5, 0.6) is 0 Å². The van der Waals surface area contributed by atoms with Gasteiger partial charge in [-0.1, -0.05) is 30.3 Å². The van der Waals surface area contributed by atoms with Gasteiger partial charge in [-0.15, -0.1) is 0 Å². The number of benzene rings is 2. The quantitative estimate of drug-likeness (QED) is 0.382. The van der Waals surface area contributed by atoms with Crippen LogP contribution in [0.4, 0.5) is 5.82 Å². The van der Waals surface area contributed by atoms with Crippen molar-refractivity contribution in [3.05, 3.63) is 71.5 Å². The molecule has 1 amide bonds. The molecule has 1 fully saturated rings. The molecule has 8 heteroatoms. The van der Waals surface area contributed by atoms with Crippen molar-refractivity contribution >= 4 is 34.5 Å². The summed E-state index contributed by atoms with van der Waals surface area (Å²) >= 11 is 0. The first-order valence-electron chi connectivity index (χ1n) is 11.2. The van der Waals surface area contributed by atoms with E-state index in [1.807, 2.05) is 48.5 Å². The van der Waals surface area contributed by atoms with Crippen LogP contribution in [0, 0.1) is 0 Å². The highest BCUT2D eigenvalue weighted by atomic mass is 16.4. The van der Waals surface area contributed by atoms with Gasteiger partial charge in [-0.2, -0.15) is 5.10 Å². The fourth-order valence-electron chi connectivity index (χ4n) is 4.23. The van der Waals surface area contributed by atoms with Crippen LogP contribution in [-0.4, -0.2) is 37.7 Å². The van der Waals surface area contributed by atoms with Crippen LogP contribution in [0.25, 0.3) is 22.0 Å². The van der Waals surface area contributed by atoms with E-state index in [2.05, 4.69) is 15.5 Å². The molecule has 2 heterocycles. The number of hydrogen-bond donors (Lipinski definition) is 3. The predicted octanol–water partition coefficient (Wildman–Crippen LogP) is 4.38. The van der Waals surface area contributed by atoms with E-state index < -0.39 is 5.97 Å². The minimum absolute atomic E-state index is 0.132. The standard InChI is InChI=1S/C26H24N4O4/c1-15(31)30-14-20(12-26(33)34)21-11-19(8-9-23(21)30)17-4-2-16(3-5-17)10-25(32)27-24-13-22(28-29-24)18-6-7-18/h2-5,8-9,11,13-14,18H,6-7,10,12H2,1H3,(H,33,34)(H2,27,28,29,32). The average Bonchev–Trinajstić information content (AvgIpc) is 3.45. The molecule has 0 aliphatic heterocycles. The average molecular weight is 457 g/mol. The zero-order chi connectivity index (χ0) is 23.8. The van der Waals surface area contributed by atoms with Crippen molar-refractivity contribution in [3.8, 4) is 11.1 Å². The van der Waals surface area contributed by atoms with Gasteiger partial charge in [0.2, 0.25) is 11.8 Å². The SMILES string of the molecule is CC(=O)n1cc(CC(=O)O)c2cc(-c3ccc(CC(=O)Nc4cc(C5CC5)[nH]n4)cc3)ccc21. The van der Waals surface area contributed by atoms with Crippen molar-refractivity contribution in [1.82, 2.24) is 14.8 Å². The summed E-state index contributed by atoms with van der Waals surface area (Å²) in [6.45, 7) is 1.45. The topological polar surface area (TPSA) is 117 Å². The van der Waals surface area contributed by atoms with Gasteiger partial charge in [0.15, 0.2) is 5.82 Å². The lowest BCUT2D eigenvalue weighted by Gasteiger charge is -2.07. The number of nitrogens with zero attached hydrogens (tertiary/aromatic N) is 2. The third kappa shape index (κ3) is 4.47. The van der Waals surface area contributed by atoms with Crippen LogP contribution in [-0.2, 0) is 22.4 Å². The Morgan fingerprint density at radius 1 is 1.06 bits per heavy atom. The number of aromatic amines is 1. The zero-order valence-corrected chi connectivity index (χ0v) is 18.7. The van der Waals surface area contributed by atoms with Gasteiger partial charge >= 0.3 is 5.97 Å². The van der Waals surface area contributed by atoms with Crippen LogP contribution in [0.3, 0.4) is 0 Å². The lowest BCUT2D eigenvalue weighted by atomic mass is 10.00. The molecule has 172 valence electrons. The molecule has 1 aliphatic rings. The molecular formula is C26H24N4O4. The number of amides is 1. The van der Waals surface area contributed by atoms with Crippen LogP contribution >= 0.6 is 0 Å². The first-order chi connectivity index (χ1) is 16.4. The summed E-state index contributed by atoms with van der Waals surface area (Å²) < 4.78 is 1.48. The number of carbonyl (C=O) groups excluding carboxylic acids is 2. The van der Waals surface area contributed by atoms with Crippen molar-refractivity contribution in [1.29, 1.82) is 0 Å². The van der Waals surface area contributed by atoms with Gasteiger partial charge in [0, 0.05) is 36.2 Å². The molecule has 34 heavy (non-hydrogen) atoms. The Hall–Kier alpha value is -4.20. The Morgan fingerprint density at radius 2 is 1.79 bits per heavy atom. The molecule has 0 spiro atoms. The second-order valence-electron chi connectivity index (χ2n) is 8.75. The highest BCUT2D eigenvalue weighted by Gasteiger charge is 2.25. The van der Waals surface area contributed by atoms with Crippen molar-refractivity contribution in [2.24, 2.45) is 0 Å². The molecule has 1 aliphatic carbocycles. The van der Waals surface area contributed by atoms with E-state index in [9.17, 15) is 19.5 Å². The Bertz CT molecular complexity index is 1410. The molecule has 3 N–H and O–H groups in total. The number of rotatable bonds is 7. The maximum atomic E-state index is 12.4. The fourth-order valence-corrected chi connectivity index (χ4v) is 4.23. The maximum absolute atomic E-state index is 12.4. The normalized spacial score (nSPS) is 13.2. The first-order valence-corrected chi connectivity index (χ1v) is 11.2. The number of carbonyl (C=O) groups is 3. The van der Waals surface area contributed by atoms with E-state index in [1.165, 1.54) is 11.5 Å². The van der Waals surface area contributed by atoms with Gasteiger partial charge in [-0.3, -0.25) is 24.0 Å². The number of carboxylic acid groups (broad SMARTS) is 1. The molecule has 2 aromatic carbocycles. The van der Waals surface area contributed by atoms with Gasteiger partial charge in [-0.05, 0) is 47.2 Å². The number of nitrogens with one attached hydrogen (secondary N) is 2. The summed E-state index contributed by atoms with van der Waals surface area (Å²) in [7, 11) is 0. The van der Waals surface area contributed by atoms with Gasteiger partial charge in [0.05, 0.1) is 18.4 Å². The molecule has 4 aromatic rings. The minimum atomic E-state index is -0.950.